The SMILES string of the molecule is C=C(CCCOC(=O)C=Cc1c2ccccc2cc2ccccc12)C(=O)O.CCCC(=Cc1cccc2cc3ccccc3c(C=N)c12)C(=O)O. The van der Waals surface area contributed by atoms with Crippen LogP contribution in [0.15, 0.2) is 127 Å². The summed E-state index contributed by atoms with van der Waals surface area (Å²) in [6, 6.07) is 34.1. The Morgan fingerprint density at radius 2 is 1.27 bits per heavy atom. The van der Waals surface area contributed by atoms with E-state index in [9.17, 15) is 19.5 Å². The van der Waals surface area contributed by atoms with E-state index in [0.717, 1.165) is 66.2 Å². The van der Waals surface area contributed by atoms with Crippen LogP contribution in [0.5, 0.6) is 0 Å². The molecule has 0 aromatic heterocycles. The zero-order valence-corrected chi connectivity index (χ0v) is 28.4. The molecule has 0 aliphatic rings. The van der Waals surface area contributed by atoms with E-state index in [1.165, 1.54) is 12.3 Å². The van der Waals surface area contributed by atoms with Crippen molar-refractivity contribution >= 4 is 79.4 Å². The highest BCUT2D eigenvalue weighted by Gasteiger charge is 2.12. The van der Waals surface area contributed by atoms with Crippen molar-refractivity contribution in [3.8, 4) is 0 Å². The number of carboxylic acid groups (broad SMARTS) is 2. The lowest BCUT2D eigenvalue weighted by Gasteiger charge is -2.11. The summed E-state index contributed by atoms with van der Waals surface area (Å²) in [5, 5.41) is 34.5. The smallest absolute Gasteiger partial charge is 0.331 e. The van der Waals surface area contributed by atoms with Crippen molar-refractivity contribution in [3.05, 3.63) is 144 Å². The Balaban J connectivity index is 0.000000199. The van der Waals surface area contributed by atoms with E-state index in [2.05, 4.69) is 18.7 Å². The molecule has 0 spiro atoms. The number of rotatable bonds is 12. The summed E-state index contributed by atoms with van der Waals surface area (Å²) < 4.78 is 5.16. The Bertz CT molecular complexity index is 2300. The molecule has 6 rings (SSSR count). The topological polar surface area (TPSA) is 125 Å². The van der Waals surface area contributed by atoms with Crippen LogP contribution >= 0.6 is 0 Å². The van der Waals surface area contributed by atoms with Gasteiger partial charge in [0, 0.05) is 29.0 Å². The fourth-order valence-corrected chi connectivity index (χ4v) is 6.15. The summed E-state index contributed by atoms with van der Waals surface area (Å²) in [6.45, 7) is 5.58. The molecule has 7 nitrogen and oxygen atoms in total. The number of carboxylic acids is 2. The molecule has 0 aliphatic heterocycles. The van der Waals surface area contributed by atoms with Crippen LogP contribution in [0.3, 0.4) is 0 Å². The third kappa shape index (κ3) is 8.64. The highest BCUT2D eigenvalue weighted by atomic mass is 16.5. The molecule has 3 N–H and O–H groups in total. The first-order chi connectivity index (χ1) is 24.7. The quantitative estimate of drug-likeness (QED) is 0.0389. The first-order valence-electron chi connectivity index (χ1n) is 16.8. The average Bonchev–Trinajstić information content (AvgIpc) is 3.14. The molecule has 51 heavy (non-hydrogen) atoms. The molecular weight excluding hydrogens is 638 g/mol. The minimum atomic E-state index is -1.02. The highest BCUT2D eigenvalue weighted by Crippen LogP contribution is 2.32. The molecule has 0 saturated carbocycles. The van der Waals surface area contributed by atoms with Gasteiger partial charge in [-0.1, -0.05) is 111 Å². The lowest BCUT2D eigenvalue weighted by molar-refractivity contribution is -0.137. The highest BCUT2D eigenvalue weighted by molar-refractivity contribution is 6.15. The minimum absolute atomic E-state index is 0.115. The van der Waals surface area contributed by atoms with Crippen LogP contribution in [0.25, 0.3) is 55.2 Å². The first-order valence-corrected chi connectivity index (χ1v) is 16.8. The second kappa shape index (κ2) is 16.9. The third-order valence-corrected chi connectivity index (χ3v) is 8.60. The van der Waals surface area contributed by atoms with Gasteiger partial charge in [-0.25, -0.2) is 14.4 Å². The van der Waals surface area contributed by atoms with Gasteiger partial charge in [-0.2, -0.15) is 0 Å². The maximum absolute atomic E-state index is 12.0. The van der Waals surface area contributed by atoms with Gasteiger partial charge < -0.3 is 20.4 Å². The zero-order valence-electron chi connectivity index (χ0n) is 28.4. The van der Waals surface area contributed by atoms with Gasteiger partial charge in [-0.3, -0.25) is 0 Å². The fourth-order valence-electron chi connectivity index (χ4n) is 6.15. The Hall–Kier alpha value is -6.34. The maximum Gasteiger partial charge on any atom is 0.331 e. The summed E-state index contributed by atoms with van der Waals surface area (Å²) in [5.41, 5.74) is 3.16. The molecule has 0 unspecified atom stereocenters. The lowest BCUT2D eigenvalue weighted by atomic mass is 9.93. The predicted molar refractivity (Wildman–Crippen MR) is 207 cm³/mol. The van der Waals surface area contributed by atoms with E-state index in [1.54, 1.807) is 12.2 Å². The molecule has 0 atom stereocenters. The lowest BCUT2D eigenvalue weighted by Crippen LogP contribution is -2.05. The first kappa shape index (κ1) is 36.0. The molecule has 6 aromatic carbocycles. The molecule has 0 bridgehead atoms. The number of hydrogen-bond donors (Lipinski definition) is 3. The Kier molecular flexibility index (Phi) is 11.9. The molecule has 0 heterocycles. The molecule has 7 heteroatoms. The van der Waals surface area contributed by atoms with Crippen molar-refractivity contribution in [2.24, 2.45) is 0 Å². The minimum Gasteiger partial charge on any atom is -0.478 e. The molecule has 6 aromatic rings. The van der Waals surface area contributed by atoms with Crippen molar-refractivity contribution in [2.75, 3.05) is 6.61 Å². The van der Waals surface area contributed by atoms with Crippen molar-refractivity contribution in [1.82, 2.24) is 0 Å². The number of hydrogen-bond acceptors (Lipinski definition) is 5. The predicted octanol–water partition coefficient (Wildman–Crippen LogP) is 10.2. The van der Waals surface area contributed by atoms with Crippen molar-refractivity contribution in [2.45, 2.75) is 32.6 Å². The number of nitrogens with one attached hydrogen (secondary N) is 1. The average molecular weight is 678 g/mol. The molecule has 0 saturated heterocycles. The van der Waals surface area contributed by atoms with Gasteiger partial charge >= 0.3 is 17.9 Å². The van der Waals surface area contributed by atoms with Gasteiger partial charge in [-0.05, 0) is 97.8 Å². The largest absolute Gasteiger partial charge is 0.478 e. The summed E-state index contributed by atoms with van der Waals surface area (Å²) in [4.78, 5) is 34.2. The fraction of sp³-hybridized carbons (Fsp3) is 0.136. The number of carbonyl (C=O) groups is 3. The van der Waals surface area contributed by atoms with Crippen LogP contribution in [-0.4, -0.2) is 40.9 Å². The van der Waals surface area contributed by atoms with Crippen molar-refractivity contribution < 1.29 is 29.3 Å². The number of esters is 1. The van der Waals surface area contributed by atoms with Gasteiger partial charge in [0.2, 0.25) is 0 Å². The van der Waals surface area contributed by atoms with Gasteiger partial charge in [-0.15, -0.1) is 0 Å². The standard InChI is InChI=1S/C23H20O4.C21H19NO2/c1-16(23(25)26)7-6-14-27-22(24)13-12-21-19-10-4-2-8-17(19)15-18-9-3-5-11-20(18)21;1-2-6-17(21(23)24)12-16-9-5-8-15-11-14-7-3-4-10-18(14)19(13-22)20(15)16/h2-5,8-13,15H,1,6-7,14H2,(H,25,26);3-5,7-13,22H,2,6H2,1H3,(H,23,24). The van der Waals surface area contributed by atoms with E-state index in [1.807, 2.05) is 97.9 Å². The second-order valence-electron chi connectivity index (χ2n) is 12.1. The van der Waals surface area contributed by atoms with Gasteiger partial charge in [0.25, 0.3) is 0 Å². The normalized spacial score (nSPS) is 11.4. The van der Waals surface area contributed by atoms with Crippen LogP contribution in [0.1, 0.15) is 49.3 Å². The second-order valence-corrected chi connectivity index (χ2v) is 12.1. The van der Waals surface area contributed by atoms with Gasteiger partial charge in [0.1, 0.15) is 0 Å². The monoisotopic (exact) mass is 677 g/mol. The Morgan fingerprint density at radius 1 is 0.725 bits per heavy atom. The number of ether oxygens (including phenoxy) is 1. The van der Waals surface area contributed by atoms with E-state index in [-0.39, 0.29) is 12.2 Å². The van der Waals surface area contributed by atoms with E-state index in [0.29, 0.717) is 24.8 Å². The van der Waals surface area contributed by atoms with E-state index < -0.39 is 17.9 Å². The number of fused-ring (bicyclic) bond motifs is 4. The molecule has 0 aliphatic carbocycles. The Labute approximate surface area is 296 Å². The van der Waals surface area contributed by atoms with Crippen LogP contribution in [0, 0.1) is 5.41 Å². The number of aliphatic carboxylic acids is 2. The zero-order chi connectivity index (χ0) is 36.3. The maximum atomic E-state index is 12.0. The number of carbonyl (C=O) groups excluding carboxylic acids is 1. The molecule has 0 fully saturated rings. The number of benzene rings is 6. The van der Waals surface area contributed by atoms with Crippen LogP contribution < -0.4 is 0 Å². The molecule has 256 valence electrons. The third-order valence-electron chi connectivity index (χ3n) is 8.60. The summed E-state index contributed by atoms with van der Waals surface area (Å²) >= 11 is 0. The Morgan fingerprint density at radius 3 is 1.82 bits per heavy atom. The molecule has 0 radical (unpaired) electrons. The van der Waals surface area contributed by atoms with Crippen molar-refractivity contribution in [1.29, 1.82) is 5.41 Å². The molecular formula is C44H39NO6. The van der Waals surface area contributed by atoms with Gasteiger partial charge in [0.05, 0.1) is 6.61 Å². The summed E-state index contributed by atoms with van der Waals surface area (Å²) in [5.74, 6) is -2.36. The van der Waals surface area contributed by atoms with Crippen LogP contribution in [-0.2, 0) is 19.1 Å². The van der Waals surface area contributed by atoms with E-state index in [4.69, 9.17) is 15.3 Å². The van der Waals surface area contributed by atoms with E-state index >= 15 is 0 Å². The molecule has 0 amide bonds. The van der Waals surface area contributed by atoms with Crippen LogP contribution in [0.4, 0.5) is 0 Å². The van der Waals surface area contributed by atoms with Gasteiger partial charge in [0.15, 0.2) is 0 Å². The van der Waals surface area contributed by atoms with Crippen molar-refractivity contribution in [3.63, 3.8) is 0 Å². The summed E-state index contributed by atoms with van der Waals surface area (Å²) in [6.07, 6.45) is 8.34. The van der Waals surface area contributed by atoms with Crippen LogP contribution in [0.2, 0.25) is 0 Å². The summed E-state index contributed by atoms with van der Waals surface area (Å²) in [7, 11) is 0.